The molecule has 0 radical (unpaired) electrons. The summed E-state index contributed by atoms with van der Waals surface area (Å²) in [5, 5.41) is 10.4. The van der Waals surface area contributed by atoms with Crippen LogP contribution in [-0.2, 0) is 4.79 Å². The summed E-state index contributed by atoms with van der Waals surface area (Å²) in [6, 6.07) is 18.3. The number of nitrogens with zero attached hydrogens (tertiary/aromatic N) is 1. The number of ether oxygens (including phenoxy) is 1. The number of allylic oxidation sites excluding steroid dienone is 1. The number of aryl methyl sites for hydroxylation is 1. The highest BCUT2D eigenvalue weighted by Gasteiger charge is 2.15. The second kappa shape index (κ2) is 9.06. The predicted octanol–water partition coefficient (Wildman–Crippen LogP) is 3.43. The Bertz CT molecular complexity index is 1010. The number of rotatable bonds is 8. The van der Waals surface area contributed by atoms with Gasteiger partial charge in [0.2, 0.25) is 5.78 Å². The molecule has 29 heavy (non-hydrogen) atoms. The van der Waals surface area contributed by atoms with Crippen molar-refractivity contribution in [1.82, 2.24) is 4.57 Å². The number of carbonyl (C=O) groups is 2. The molecule has 5 nitrogen and oxygen atoms in total. The van der Waals surface area contributed by atoms with Crippen molar-refractivity contribution in [3.8, 4) is 5.75 Å². The van der Waals surface area contributed by atoms with Crippen molar-refractivity contribution in [1.29, 1.82) is 0 Å². The number of carbonyl (C=O) groups excluding carboxylic acids is 2. The second-order valence-electron chi connectivity index (χ2n) is 6.83. The van der Waals surface area contributed by atoms with Crippen LogP contribution in [0.3, 0.4) is 0 Å². The number of benzene rings is 2. The highest BCUT2D eigenvalue weighted by atomic mass is 16.5. The van der Waals surface area contributed by atoms with Crippen LogP contribution in [0.2, 0.25) is 0 Å². The van der Waals surface area contributed by atoms with Crippen LogP contribution in [0.5, 0.6) is 5.75 Å². The first-order valence-electron chi connectivity index (χ1n) is 9.33. The van der Waals surface area contributed by atoms with Crippen molar-refractivity contribution < 1.29 is 19.4 Å². The molecule has 0 fully saturated rings. The van der Waals surface area contributed by atoms with E-state index in [1.54, 1.807) is 12.1 Å². The van der Waals surface area contributed by atoms with Crippen LogP contribution in [0.1, 0.15) is 40.1 Å². The van der Waals surface area contributed by atoms with E-state index < -0.39 is 12.6 Å². The van der Waals surface area contributed by atoms with Gasteiger partial charge in [0, 0.05) is 17.8 Å². The van der Waals surface area contributed by atoms with Crippen LogP contribution >= 0.6 is 0 Å². The molecule has 3 rings (SSSR count). The molecule has 1 atom stereocenters. The molecule has 0 bridgehead atoms. The third kappa shape index (κ3) is 5.23. The van der Waals surface area contributed by atoms with Crippen LogP contribution in [-0.4, -0.2) is 22.9 Å². The molecule has 0 saturated carbocycles. The van der Waals surface area contributed by atoms with Crippen molar-refractivity contribution in [2.75, 3.05) is 6.61 Å². The van der Waals surface area contributed by atoms with Gasteiger partial charge in [-0.25, -0.2) is 0 Å². The standard InChI is InChI=1S/C24H23NO4/c1-17-5-11-20(12-6-17)24(28)22-4-3-15-25(22)18(2)7-8-19-9-13-21(14-10-19)29-16-23(26)27/h3-15,18H,16H2,1-2H3,(H,26,27)/p-1/b8-7+. The van der Waals surface area contributed by atoms with Crippen molar-refractivity contribution >= 4 is 17.8 Å². The number of carboxylic acid groups (broad SMARTS) is 1. The summed E-state index contributed by atoms with van der Waals surface area (Å²) in [6.45, 7) is 3.53. The normalized spacial score (nSPS) is 12.1. The average molecular weight is 388 g/mol. The van der Waals surface area contributed by atoms with Crippen molar-refractivity contribution in [3.05, 3.63) is 95.3 Å². The van der Waals surface area contributed by atoms with Gasteiger partial charge in [-0.1, -0.05) is 54.1 Å². The maximum atomic E-state index is 12.9. The molecule has 0 N–H and O–H groups in total. The maximum absolute atomic E-state index is 12.9. The highest BCUT2D eigenvalue weighted by molar-refractivity contribution is 6.08. The Balaban J connectivity index is 1.70. The molecule has 1 heterocycles. The molecular formula is C24H22NO4-. The van der Waals surface area contributed by atoms with Crippen molar-refractivity contribution in [2.45, 2.75) is 19.9 Å². The number of aliphatic carboxylic acids is 1. The van der Waals surface area contributed by atoms with Gasteiger partial charge >= 0.3 is 0 Å². The molecule has 0 amide bonds. The molecule has 0 aliphatic carbocycles. The summed E-state index contributed by atoms with van der Waals surface area (Å²) >= 11 is 0. The van der Waals surface area contributed by atoms with E-state index in [-0.39, 0.29) is 11.8 Å². The summed E-state index contributed by atoms with van der Waals surface area (Å²) in [6.07, 6.45) is 5.85. The molecule has 0 aliphatic rings. The minimum atomic E-state index is -1.26. The number of carboxylic acids is 1. The SMILES string of the molecule is Cc1ccc(C(=O)c2cccn2C(C)/C=C/c2ccc(OCC(=O)[O-])cc2)cc1. The lowest BCUT2D eigenvalue weighted by molar-refractivity contribution is -0.307. The van der Waals surface area contributed by atoms with Crippen LogP contribution in [0.25, 0.3) is 6.08 Å². The smallest absolute Gasteiger partial charge is 0.209 e. The number of ketones is 1. The topological polar surface area (TPSA) is 71.4 Å². The Morgan fingerprint density at radius 3 is 2.41 bits per heavy atom. The molecule has 3 aromatic rings. The summed E-state index contributed by atoms with van der Waals surface area (Å²) in [7, 11) is 0. The molecule has 0 spiro atoms. The molecule has 0 saturated heterocycles. The molecule has 0 aliphatic heterocycles. The zero-order chi connectivity index (χ0) is 20.8. The maximum Gasteiger partial charge on any atom is 0.209 e. The van der Waals surface area contributed by atoms with E-state index in [1.807, 2.05) is 85.3 Å². The summed E-state index contributed by atoms with van der Waals surface area (Å²) in [5.74, 6) is -0.800. The first-order valence-corrected chi connectivity index (χ1v) is 9.33. The summed E-state index contributed by atoms with van der Waals surface area (Å²) in [4.78, 5) is 23.3. The Labute approximate surface area is 169 Å². The lowest BCUT2D eigenvalue weighted by Crippen LogP contribution is -2.28. The summed E-state index contributed by atoms with van der Waals surface area (Å²) in [5.41, 5.74) is 3.36. The third-order valence-corrected chi connectivity index (χ3v) is 4.57. The Morgan fingerprint density at radius 2 is 1.76 bits per heavy atom. The molecular weight excluding hydrogens is 366 g/mol. The van der Waals surface area contributed by atoms with E-state index in [1.165, 1.54) is 0 Å². The van der Waals surface area contributed by atoms with E-state index in [2.05, 4.69) is 0 Å². The monoisotopic (exact) mass is 388 g/mol. The highest BCUT2D eigenvalue weighted by Crippen LogP contribution is 2.19. The molecule has 2 aromatic carbocycles. The van der Waals surface area contributed by atoms with Crippen LogP contribution in [0.15, 0.2) is 72.9 Å². The number of hydrogen-bond donors (Lipinski definition) is 0. The fraction of sp³-hybridized carbons (Fsp3) is 0.167. The predicted molar refractivity (Wildman–Crippen MR) is 110 cm³/mol. The minimum Gasteiger partial charge on any atom is -0.546 e. The van der Waals surface area contributed by atoms with Gasteiger partial charge in [0.15, 0.2) is 0 Å². The first-order chi connectivity index (χ1) is 13.9. The number of aromatic nitrogens is 1. The molecule has 148 valence electrons. The van der Waals surface area contributed by atoms with E-state index in [9.17, 15) is 14.7 Å². The van der Waals surface area contributed by atoms with Gasteiger partial charge in [-0.05, 0) is 43.7 Å². The zero-order valence-corrected chi connectivity index (χ0v) is 16.4. The van der Waals surface area contributed by atoms with Crippen LogP contribution in [0, 0.1) is 6.92 Å². The summed E-state index contributed by atoms with van der Waals surface area (Å²) < 4.78 is 7.01. The van der Waals surface area contributed by atoms with E-state index >= 15 is 0 Å². The molecule has 1 unspecified atom stereocenters. The lowest BCUT2D eigenvalue weighted by atomic mass is 10.1. The van der Waals surface area contributed by atoms with Crippen LogP contribution in [0.4, 0.5) is 0 Å². The van der Waals surface area contributed by atoms with Gasteiger partial charge in [-0.2, -0.15) is 0 Å². The fourth-order valence-electron chi connectivity index (χ4n) is 2.95. The number of hydrogen-bond acceptors (Lipinski definition) is 4. The largest absolute Gasteiger partial charge is 0.546 e. The second-order valence-corrected chi connectivity index (χ2v) is 6.83. The molecule has 5 heteroatoms. The van der Waals surface area contributed by atoms with E-state index in [0.29, 0.717) is 17.0 Å². The van der Waals surface area contributed by atoms with Gasteiger partial charge in [0.1, 0.15) is 12.4 Å². The van der Waals surface area contributed by atoms with Gasteiger partial charge < -0.3 is 19.2 Å². The van der Waals surface area contributed by atoms with Crippen molar-refractivity contribution in [2.24, 2.45) is 0 Å². The van der Waals surface area contributed by atoms with Crippen LogP contribution < -0.4 is 9.84 Å². The third-order valence-electron chi connectivity index (χ3n) is 4.57. The quantitative estimate of drug-likeness (QED) is 0.554. The Morgan fingerprint density at radius 1 is 1.07 bits per heavy atom. The zero-order valence-electron chi connectivity index (χ0n) is 16.4. The van der Waals surface area contributed by atoms with Gasteiger partial charge in [-0.3, -0.25) is 4.79 Å². The van der Waals surface area contributed by atoms with Gasteiger partial charge in [0.25, 0.3) is 0 Å². The van der Waals surface area contributed by atoms with E-state index in [4.69, 9.17) is 4.74 Å². The van der Waals surface area contributed by atoms with Gasteiger partial charge in [-0.15, -0.1) is 0 Å². The Hall–Kier alpha value is -3.60. The fourth-order valence-corrected chi connectivity index (χ4v) is 2.95. The molecule has 1 aromatic heterocycles. The lowest BCUT2D eigenvalue weighted by Gasteiger charge is -2.14. The van der Waals surface area contributed by atoms with Crippen molar-refractivity contribution in [3.63, 3.8) is 0 Å². The average Bonchev–Trinajstić information content (AvgIpc) is 3.21. The van der Waals surface area contributed by atoms with E-state index in [0.717, 1.165) is 11.1 Å². The minimum absolute atomic E-state index is 0.00956. The Kier molecular flexibility index (Phi) is 6.29. The van der Waals surface area contributed by atoms with Gasteiger partial charge in [0.05, 0.1) is 11.7 Å². The first kappa shape index (κ1) is 20.1.